The molecule has 1 aromatic rings. The van der Waals surface area contributed by atoms with E-state index in [0.29, 0.717) is 4.34 Å². The van der Waals surface area contributed by atoms with E-state index in [2.05, 4.69) is 22.8 Å². The van der Waals surface area contributed by atoms with E-state index in [1.807, 2.05) is 19.0 Å². The lowest BCUT2D eigenvalue weighted by atomic mass is 10.9. The van der Waals surface area contributed by atoms with Crippen LogP contribution in [0.5, 0.6) is 0 Å². The molecular formula is C4H7N3S2. The third-order valence-electron chi connectivity index (χ3n) is 0.786. The molecular weight excluding hydrogens is 154 g/mol. The van der Waals surface area contributed by atoms with Crippen LogP contribution in [0.1, 0.15) is 0 Å². The second-order valence-electron chi connectivity index (χ2n) is 1.76. The Balaban J connectivity index is 2.85. The summed E-state index contributed by atoms with van der Waals surface area (Å²) in [5.41, 5.74) is 0. The van der Waals surface area contributed by atoms with E-state index in [1.165, 1.54) is 11.3 Å². The molecule has 5 heteroatoms. The van der Waals surface area contributed by atoms with Crippen molar-refractivity contribution in [3.8, 4) is 0 Å². The fourth-order valence-corrected chi connectivity index (χ4v) is 1.19. The molecule has 0 atom stereocenters. The maximum absolute atomic E-state index is 4.02. The minimum atomic E-state index is 0.707. The SMILES string of the molecule is CN(C)c1nnc(S)s1. The van der Waals surface area contributed by atoms with Crippen LogP contribution in [-0.2, 0) is 0 Å². The van der Waals surface area contributed by atoms with Gasteiger partial charge in [0.1, 0.15) is 0 Å². The van der Waals surface area contributed by atoms with Crippen molar-refractivity contribution >= 4 is 29.1 Å². The largest absolute Gasteiger partial charge is 0.353 e. The molecule has 0 aromatic carbocycles. The van der Waals surface area contributed by atoms with Crippen molar-refractivity contribution in [1.29, 1.82) is 0 Å². The Bertz CT molecular complexity index is 195. The highest BCUT2D eigenvalue weighted by Gasteiger charge is 1.99. The highest BCUT2D eigenvalue weighted by molar-refractivity contribution is 7.82. The van der Waals surface area contributed by atoms with E-state index in [9.17, 15) is 0 Å². The summed E-state index contributed by atoms with van der Waals surface area (Å²) in [5, 5.41) is 8.45. The molecule has 0 radical (unpaired) electrons. The quantitative estimate of drug-likeness (QED) is 0.620. The standard InChI is InChI=1S/C4H7N3S2/c1-7(2)3-5-6-4(8)9-3/h1-2H3,(H,6,8). The zero-order chi connectivity index (χ0) is 6.85. The maximum Gasteiger partial charge on any atom is 0.208 e. The van der Waals surface area contributed by atoms with Crippen LogP contribution in [0.4, 0.5) is 5.13 Å². The number of anilines is 1. The van der Waals surface area contributed by atoms with E-state index >= 15 is 0 Å². The topological polar surface area (TPSA) is 29.0 Å². The average molecular weight is 161 g/mol. The molecule has 0 spiro atoms. The Morgan fingerprint density at radius 2 is 2.11 bits per heavy atom. The molecule has 0 aliphatic heterocycles. The van der Waals surface area contributed by atoms with Gasteiger partial charge in [-0.25, -0.2) is 0 Å². The number of thiol groups is 1. The molecule has 9 heavy (non-hydrogen) atoms. The minimum absolute atomic E-state index is 0.707. The molecule has 0 fully saturated rings. The summed E-state index contributed by atoms with van der Waals surface area (Å²) in [4.78, 5) is 1.90. The van der Waals surface area contributed by atoms with Crippen LogP contribution in [0.25, 0.3) is 0 Å². The molecule has 50 valence electrons. The van der Waals surface area contributed by atoms with Crippen molar-refractivity contribution in [3.05, 3.63) is 0 Å². The number of nitrogens with zero attached hydrogens (tertiary/aromatic N) is 3. The van der Waals surface area contributed by atoms with Crippen molar-refractivity contribution in [3.63, 3.8) is 0 Å². The van der Waals surface area contributed by atoms with Crippen molar-refractivity contribution in [1.82, 2.24) is 10.2 Å². The van der Waals surface area contributed by atoms with Crippen LogP contribution in [0.15, 0.2) is 4.34 Å². The van der Waals surface area contributed by atoms with Gasteiger partial charge < -0.3 is 4.90 Å². The molecule has 0 aliphatic carbocycles. The Morgan fingerprint density at radius 3 is 2.33 bits per heavy atom. The van der Waals surface area contributed by atoms with Gasteiger partial charge >= 0.3 is 0 Å². The zero-order valence-corrected chi connectivity index (χ0v) is 6.91. The first-order valence-corrected chi connectivity index (χ1v) is 3.66. The van der Waals surface area contributed by atoms with Gasteiger partial charge in [-0.15, -0.1) is 22.8 Å². The van der Waals surface area contributed by atoms with E-state index in [-0.39, 0.29) is 0 Å². The Kier molecular flexibility index (Phi) is 1.92. The molecule has 0 unspecified atom stereocenters. The third kappa shape index (κ3) is 1.56. The highest BCUT2D eigenvalue weighted by atomic mass is 32.2. The Labute approximate surface area is 63.1 Å². The van der Waals surface area contributed by atoms with Gasteiger partial charge in [-0.2, -0.15) is 0 Å². The van der Waals surface area contributed by atoms with Crippen LogP contribution >= 0.6 is 24.0 Å². The van der Waals surface area contributed by atoms with Gasteiger partial charge in [0.2, 0.25) is 5.13 Å². The Hall–Kier alpha value is -0.290. The summed E-state index contributed by atoms with van der Waals surface area (Å²) >= 11 is 5.48. The lowest BCUT2D eigenvalue weighted by Crippen LogP contribution is -2.07. The molecule has 3 nitrogen and oxygen atoms in total. The molecule has 1 heterocycles. The van der Waals surface area contributed by atoms with E-state index < -0.39 is 0 Å². The summed E-state index contributed by atoms with van der Waals surface area (Å²) in [6, 6.07) is 0. The number of hydrogen-bond acceptors (Lipinski definition) is 5. The average Bonchev–Trinajstić information content (AvgIpc) is 2.14. The summed E-state index contributed by atoms with van der Waals surface area (Å²) < 4.78 is 0.707. The van der Waals surface area contributed by atoms with Crippen molar-refractivity contribution in [2.75, 3.05) is 19.0 Å². The molecule has 0 saturated carbocycles. The summed E-state index contributed by atoms with van der Waals surface area (Å²) in [6.45, 7) is 0. The van der Waals surface area contributed by atoms with E-state index in [4.69, 9.17) is 0 Å². The number of aromatic nitrogens is 2. The highest BCUT2D eigenvalue weighted by Crippen LogP contribution is 2.19. The van der Waals surface area contributed by atoms with Gasteiger partial charge in [0.15, 0.2) is 4.34 Å². The molecule has 1 aromatic heterocycles. The molecule has 1 rings (SSSR count). The molecule has 0 saturated heterocycles. The van der Waals surface area contributed by atoms with Gasteiger partial charge in [0.05, 0.1) is 0 Å². The minimum Gasteiger partial charge on any atom is -0.353 e. The fraction of sp³-hybridized carbons (Fsp3) is 0.500. The van der Waals surface area contributed by atoms with Crippen molar-refractivity contribution in [2.24, 2.45) is 0 Å². The van der Waals surface area contributed by atoms with E-state index in [0.717, 1.165) is 5.13 Å². The summed E-state index contributed by atoms with van der Waals surface area (Å²) in [5.74, 6) is 0. The summed E-state index contributed by atoms with van der Waals surface area (Å²) in [7, 11) is 3.85. The van der Waals surface area contributed by atoms with Crippen LogP contribution in [0, 0.1) is 0 Å². The van der Waals surface area contributed by atoms with Crippen LogP contribution < -0.4 is 4.90 Å². The predicted octanol–water partition coefficient (Wildman–Crippen LogP) is 0.893. The molecule has 0 N–H and O–H groups in total. The maximum atomic E-state index is 4.02. The first-order chi connectivity index (χ1) is 4.20. The monoisotopic (exact) mass is 161 g/mol. The Morgan fingerprint density at radius 1 is 1.44 bits per heavy atom. The molecule has 0 aliphatic rings. The third-order valence-corrected chi connectivity index (χ3v) is 2.04. The van der Waals surface area contributed by atoms with Gasteiger partial charge in [-0.1, -0.05) is 11.3 Å². The van der Waals surface area contributed by atoms with E-state index in [1.54, 1.807) is 0 Å². The predicted molar refractivity (Wildman–Crippen MR) is 41.5 cm³/mol. The molecule has 0 amide bonds. The van der Waals surface area contributed by atoms with Gasteiger partial charge in [-0.3, -0.25) is 0 Å². The summed E-state index contributed by atoms with van der Waals surface area (Å²) in [6.07, 6.45) is 0. The van der Waals surface area contributed by atoms with Crippen LogP contribution in [-0.4, -0.2) is 24.3 Å². The second kappa shape index (κ2) is 2.53. The smallest absolute Gasteiger partial charge is 0.208 e. The van der Waals surface area contributed by atoms with Crippen LogP contribution in [0.2, 0.25) is 0 Å². The second-order valence-corrected chi connectivity index (χ2v) is 3.44. The first kappa shape index (κ1) is 6.82. The van der Waals surface area contributed by atoms with Crippen molar-refractivity contribution < 1.29 is 0 Å². The van der Waals surface area contributed by atoms with Gasteiger partial charge in [0.25, 0.3) is 0 Å². The van der Waals surface area contributed by atoms with Crippen molar-refractivity contribution in [2.45, 2.75) is 4.34 Å². The number of hydrogen-bond donors (Lipinski definition) is 1. The van der Waals surface area contributed by atoms with Gasteiger partial charge in [0, 0.05) is 14.1 Å². The molecule has 0 bridgehead atoms. The number of rotatable bonds is 1. The normalized spacial score (nSPS) is 9.67. The van der Waals surface area contributed by atoms with Crippen LogP contribution in [0.3, 0.4) is 0 Å². The van der Waals surface area contributed by atoms with Gasteiger partial charge in [-0.05, 0) is 0 Å². The zero-order valence-electron chi connectivity index (χ0n) is 5.20. The first-order valence-electron chi connectivity index (χ1n) is 2.40. The lowest BCUT2D eigenvalue weighted by Gasteiger charge is -2.03. The fourth-order valence-electron chi connectivity index (χ4n) is 0.389. The lowest BCUT2D eigenvalue weighted by molar-refractivity contribution is 0.975.